The monoisotopic (exact) mass is 401 g/mol. The van der Waals surface area contributed by atoms with Gasteiger partial charge in [-0.3, -0.25) is 10.2 Å². The van der Waals surface area contributed by atoms with Crippen LogP contribution in [0.1, 0.15) is 17.0 Å². The van der Waals surface area contributed by atoms with Gasteiger partial charge in [-0.05, 0) is 61.5 Å². The van der Waals surface area contributed by atoms with Crippen molar-refractivity contribution in [2.45, 2.75) is 13.8 Å². The third-order valence-electron chi connectivity index (χ3n) is 4.33. The van der Waals surface area contributed by atoms with Crippen molar-refractivity contribution in [3.8, 4) is 5.69 Å². The van der Waals surface area contributed by atoms with E-state index in [1.165, 1.54) is 28.4 Å². The lowest BCUT2D eigenvalue weighted by Gasteiger charge is -2.20. The average Bonchev–Trinajstić information content (AvgIpc) is 3.19. The maximum atomic E-state index is 13.5. The third kappa shape index (κ3) is 2.90. The van der Waals surface area contributed by atoms with Crippen LogP contribution in [0.2, 0.25) is 5.02 Å². The first-order valence-electron chi connectivity index (χ1n) is 7.94. The van der Waals surface area contributed by atoms with Gasteiger partial charge in [-0.1, -0.05) is 11.6 Å². The van der Waals surface area contributed by atoms with Gasteiger partial charge in [0.1, 0.15) is 5.82 Å². The van der Waals surface area contributed by atoms with Gasteiger partial charge in [0, 0.05) is 17.1 Å². The molecule has 136 valence electrons. The van der Waals surface area contributed by atoms with Crippen molar-refractivity contribution in [3.05, 3.63) is 57.6 Å². The summed E-state index contributed by atoms with van der Waals surface area (Å²) in [6.45, 7) is 3.78. The highest BCUT2D eigenvalue weighted by Gasteiger charge is 2.32. The molecule has 2 aromatic rings. The van der Waals surface area contributed by atoms with Crippen molar-refractivity contribution in [1.82, 2.24) is 9.58 Å². The van der Waals surface area contributed by atoms with Crippen LogP contribution in [0.15, 0.2) is 39.9 Å². The number of thioether (sulfide) groups is 1. The Labute approximate surface area is 163 Å². The molecular weight excluding hydrogens is 389 g/mol. The van der Waals surface area contributed by atoms with Crippen molar-refractivity contribution in [2.24, 2.45) is 10.1 Å². The van der Waals surface area contributed by atoms with E-state index in [9.17, 15) is 9.18 Å². The highest BCUT2D eigenvalue weighted by molar-refractivity contribution is 8.25. The van der Waals surface area contributed by atoms with E-state index in [4.69, 9.17) is 17.0 Å². The first kappa shape index (κ1) is 17.7. The number of hydrogen-bond acceptors (Lipinski definition) is 4. The maximum Gasteiger partial charge on any atom is 0.283 e. The molecule has 0 saturated carbocycles. The minimum absolute atomic E-state index is 0.0131. The van der Waals surface area contributed by atoms with Gasteiger partial charge in [0.05, 0.1) is 16.1 Å². The molecule has 0 spiro atoms. The van der Waals surface area contributed by atoms with E-state index in [1.807, 2.05) is 24.5 Å². The van der Waals surface area contributed by atoms with E-state index in [0.29, 0.717) is 10.9 Å². The number of benzene rings is 1. The van der Waals surface area contributed by atoms with Crippen LogP contribution in [0, 0.1) is 25.1 Å². The first-order chi connectivity index (χ1) is 12.9. The van der Waals surface area contributed by atoms with E-state index in [2.05, 4.69) is 10.1 Å². The first-order valence-corrected chi connectivity index (χ1v) is 9.20. The van der Waals surface area contributed by atoms with Crippen LogP contribution >= 0.6 is 23.4 Å². The highest BCUT2D eigenvalue weighted by atomic mass is 35.5. The number of aliphatic imine (C=N–C) groups is 1. The molecule has 1 aromatic heterocycles. The van der Waals surface area contributed by atoms with E-state index >= 15 is 0 Å². The summed E-state index contributed by atoms with van der Waals surface area (Å²) in [7, 11) is 0. The predicted octanol–water partition coefficient (Wildman–Crippen LogP) is 4.14. The molecular formula is C18H13ClFN5OS. The van der Waals surface area contributed by atoms with Gasteiger partial charge in [-0.2, -0.15) is 15.1 Å². The van der Waals surface area contributed by atoms with Crippen LogP contribution in [0.25, 0.3) is 11.8 Å². The molecule has 0 fully saturated rings. The molecule has 2 aliphatic heterocycles. The predicted molar refractivity (Wildman–Crippen MR) is 106 cm³/mol. The number of halogens is 2. The summed E-state index contributed by atoms with van der Waals surface area (Å²) in [6, 6.07) is 6.39. The molecule has 1 aromatic carbocycles. The number of amides is 1. The van der Waals surface area contributed by atoms with E-state index < -0.39 is 11.7 Å². The Balaban J connectivity index is 1.79. The molecule has 1 amide bonds. The number of nitrogens with zero attached hydrogens (tertiary/aromatic N) is 4. The molecule has 0 unspecified atom stereocenters. The molecule has 3 heterocycles. The smallest absolute Gasteiger partial charge is 0.283 e. The van der Waals surface area contributed by atoms with Gasteiger partial charge in [-0.25, -0.2) is 4.39 Å². The molecule has 27 heavy (non-hydrogen) atoms. The van der Waals surface area contributed by atoms with Gasteiger partial charge in [-0.15, -0.1) is 0 Å². The summed E-state index contributed by atoms with van der Waals surface area (Å²) >= 11 is 7.11. The van der Waals surface area contributed by atoms with Crippen LogP contribution in [0.3, 0.4) is 0 Å². The molecule has 0 atom stereocenters. The molecule has 0 radical (unpaired) electrons. The summed E-state index contributed by atoms with van der Waals surface area (Å²) in [4.78, 5) is 16.3. The molecule has 1 N–H and O–H groups in total. The zero-order chi connectivity index (χ0) is 19.3. The number of carbonyl (C=O) groups excluding carboxylic acids is 1. The Morgan fingerprint density at radius 1 is 1.30 bits per heavy atom. The number of aromatic nitrogens is 1. The normalized spacial score (nSPS) is 17.7. The summed E-state index contributed by atoms with van der Waals surface area (Å²) in [6.07, 6.45) is 1.63. The molecule has 4 rings (SSSR count). The zero-order valence-corrected chi connectivity index (χ0v) is 15.9. The quantitative estimate of drug-likeness (QED) is 0.768. The summed E-state index contributed by atoms with van der Waals surface area (Å²) in [5.41, 5.74) is 4.89. The standard InChI is InChI=1S/C18H13ClFN5OS/c1-9-5-11(10(2)24(9)12-3-4-15(20)14(19)7-12)6-13-16(21)25-18(23-17(13)26)27-8-22-25/h3-8,21H,1-2H3. The Morgan fingerprint density at radius 3 is 2.81 bits per heavy atom. The van der Waals surface area contributed by atoms with Gasteiger partial charge in [0.15, 0.2) is 11.0 Å². The van der Waals surface area contributed by atoms with Crippen molar-refractivity contribution in [3.63, 3.8) is 0 Å². The van der Waals surface area contributed by atoms with Crippen molar-refractivity contribution < 1.29 is 9.18 Å². The Bertz CT molecular complexity index is 1100. The molecule has 9 heteroatoms. The average molecular weight is 402 g/mol. The minimum Gasteiger partial charge on any atom is -0.318 e. The van der Waals surface area contributed by atoms with E-state index in [0.717, 1.165) is 17.0 Å². The number of nitrogens with one attached hydrogen (secondary N) is 1. The number of carbonyl (C=O) groups is 1. The van der Waals surface area contributed by atoms with E-state index in [-0.39, 0.29) is 16.4 Å². The second-order valence-corrected chi connectivity index (χ2v) is 7.24. The van der Waals surface area contributed by atoms with Crippen LogP contribution in [0.5, 0.6) is 0 Å². The Kier molecular flexibility index (Phi) is 4.24. The lowest BCUT2D eigenvalue weighted by atomic mass is 10.1. The summed E-state index contributed by atoms with van der Waals surface area (Å²) < 4.78 is 15.4. The number of hydrazone groups is 1. The number of amidine groups is 2. The lowest BCUT2D eigenvalue weighted by molar-refractivity contribution is -0.114. The molecule has 0 saturated heterocycles. The van der Waals surface area contributed by atoms with Gasteiger partial charge >= 0.3 is 0 Å². The Morgan fingerprint density at radius 2 is 2.07 bits per heavy atom. The second kappa shape index (κ2) is 6.47. The number of rotatable bonds is 2. The largest absolute Gasteiger partial charge is 0.318 e. The van der Waals surface area contributed by atoms with Crippen LogP contribution in [-0.2, 0) is 4.79 Å². The highest BCUT2D eigenvalue weighted by Crippen LogP contribution is 2.28. The number of fused-ring (bicyclic) bond motifs is 1. The zero-order valence-electron chi connectivity index (χ0n) is 14.3. The maximum absolute atomic E-state index is 13.5. The summed E-state index contributed by atoms with van der Waals surface area (Å²) in [5.74, 6) is -0.969. The topological polar surface area (TPSA) is 73.8 Å². The lowest BCUT2D eigenvalue weighted by Crippen LogP contribution is -2.35. The number of hydrogen-bond donors (Lipinski definition) is 1. The fourth-order valence-electron chi connectivity index (χ4n) is 3.05. The van der Waals surface area contributed by atoms with Crippen LogP contribution in [0.4, 0.5) is 4.39 Å². The molecule has 0 bridgehead atoms. The fraction of sp³-hybridized carbons (Fsp3) is 0.111. The number of aryl methyl sites for hydroxylation is 1. The summed E-state index contributed by atoms with van der Waals surface area (Å²) in [5, 5.41) is 14.1. The van der Waals surface area contributed by atoms with Gasteiger partial charge in [0.25, 0.3) is 5.91 Å². The fourth-order valence-corrected chi connectivity index (χ4v) is 3.83. The van der Waals surface area contributed by atoms with Crippen molar-refractivity contribution >= 4 is 51.9 Å². The van der Waals surface area contributed by atoms with Gasteiger partial charge in [0.2, 0.25) is 0 Å². The van der Waals surface area contributed by atoms with Gasteiger partial charge < -0.3 is 4.57 Å². The Hall–Kier alpha value is -2.71. The SMILES string of the molecule is Cc1cc(C=C2C(=N)N3N=CSC3=NC2=O)c(C)n1-c1ccc(F)c(Cl)c1. The van der Waals surface area contributed by atoms with Crippen LogP contribution < -0.4 is 0 Å². The molecule has 6 nitrogen and oxygen atoms in total. The molecule has 0 aliphatic carbocycles. The van der Waals surface area contributed by atoms with Crippen LogP contribution in [-0.4, -0.2) is 32.0 Å². The minimum atomic E-state index is -0.482. The van der Waals surface area contributed by atoms with Crippen molar-refractivity contribution in [1.29, 1.82) is 5.41 Å². The molecule has 2 aliphatic rings. The second-order valence-electron chi connectivity index (χ2n) is 6.02. The van der Waals surface area contributed by atoms with Crippen molar-refractivity contribution in [2.75, 3.05) is 0 Å². The third-order valence-corrected chi connectivity index (χ3v) is 5.29. The van der Waals surface area contributed by atoms with E-state index in [1.54, 1.807) is 18.2 Å².